The minimum absolute atomic E-state index is 0.759. The number of rotatable bonds is 5. The molecule has 16 heavy (non-hydrogen) atoms. The van der Waals surface area contributed by atoms with Crippen LogP contribution in [0.25, 0.3) is 0 Å². The van der Waals surface area contributed by atoms with Gasteiger partial charge in [0.05, 0.1) is 0 Å². The van der Waals surface area contributed by atoms with Crippen LogP contribution in [0, 0.1) is 5.92 Å². The molecule has 1 aliphatic carbocycles. The van der Waals surface area contributed by atoms with Crippen molar-refractivity contribution >= 4 is 11.8 Å². The summed E-state index contributed by atoms with van der Waals surface area (Å²) in [5, 5.41) is 4.40. The number of thioether (sulfide) groups is 1. The summed E-state index contributed by atoms with van der Waals surface area (Å²) in [5.41, 5.74) is 0. The maximum atomic E-state index is 3.54. The van der Waals surface area contributed by atoms with E-state index in [9.17, 15) is 0 Å². The van der Waals surface area contributed by atoms with Gasteiger partial charge in [-0.15, -0.1) is 0 Å². The van der Waals surface area contributed by atoms with Crippen molar-refractivity contribution in [1.82, 2.24) is 5.32 Å². The first-order chi connectivity index (χ1) is 7.77. The molecule has 0 aromatic rings. The largest absolute Gasteiger partial charge is 0.316 e. The summed E-state index contributed by atoms with van der Waals surface area (Å²) in [6, 6.07) is 0.759. The molecule has 0 radical (unpaired) electrons. The second-order valence-electron chi connectivity index (χ2n) is 5.27. The molecule has 0 saturated heterocycles. The Morgan fingerprint density at radius 2 is 1.88 bits per heavy atom. The van der Waals surface area contributed by atoms with Gasteiger partial charge in [0.25, 0.3) is 0 Å². The normalized spacial score (nSPS) is 29.4. The second kappa shape index (κ2) is 8.41. The quantitative estimate of drug-likeness (QED) is 0.781. The summed E-state index contributed by atoms with van der Waals surface area (Å²) in [6.07, 6.45) is 9.89. The maximum Gasteiger partial charge on any atom is 0.0201 e. The minimum Gasteiger partial charge on any atom is -0.316 e. The van der Waals surface area contributed by atoms with Crippen molar-refractivity contribution in [2.24, 2.45) is 5.92 Å². The third-order valence-corrected chi connectivity index (χ3v) is 5.62. The SMILES string of the molecule is CCC(C)CSC1CCCCCCC1NC. The second-order valence-corrected chi connectivity index (χ2v) is 6.54. The van der Waals surface area contributed by atoms with Crippen LogP contribution in [0.15, 0.2) is 0 Å². The first-order valence-electron chi connectivity index (χ1n) is 7.06. The maximum absolute atomic E-state index is 3.54. The molecule has 1 nitrogen and oxygen atoms in total. The van der Waals surface area contributed by atoms with Gasteiger partial charge < -0.3 is 5.32 Å². The van der Waals surface area contributed by atoms with Crippen LogP contribution >= 0.6 is 11.8 Å². The Bertz CT molecular complexity index is 172. The number of hydrogen-bond donors (Lipinski definition) is 1. The van der Waals surface area contributed by atoms with Crippen LogP contribution in [0.4, 0.5) is 0 Å². The zero-order valence-electron chi connectivity index (χ0n) is 11.3. The molecule has 1 rings (SSSR count). The fraction of sp³-hybridized carbons (Fsp3) is 1.00. The van der Waals surface area contributed by atoms with Gasteiger partial charge in [-0.25, -0.2) is 0 Å². The van der Waals surface area contributed by atoms with Crippen LogP contribution in [-0.2, 0) is 0 Å². The molecular weight excluding hydrogens is 214 g/mol. The molecule has 96 valence electrons. The van der Waals surface area contributed by atoms with Gasteiger partial charge in [0.2, 0.25) is 0 Å². The highest BCUT2D eigenvalue weighted by molar-refractivity contribution is 7.99. The molecule has 2 heteroatoms. The predicted octanol–water partition coefficient (Wildman–Crippen LogP) is 4.08. The molecule has 0 heterocycles. The van der Waals surface area contributed by atoms with Gasteiger partial charge in [0, 0.05) is 11.3 Å². The van der Waals surface area contributed by atoms with E-state index in [2.05, 4.69) is 38.0 Å². The van der Waals surface area contributed by atoms with Crippen LogP contribution < -0.4 is 5.32 Å². The van der Waals surface area contributed by atoms with Gasteiger partial charge in [-0.2, -0.15) is 11.8 Å². The van der Waals surface area contributed by atoms with E-state index in [0.717, 1.165) is 17.2 Å². The van der Waals surface area contributed by atoms with Crippen molar-refractivity contribution in [1.29, 1.82) is 0 Å². The van der Waals surface area contributed by atoms with Crippen molar-refractivity contribution in [3.8, 4) is 0 Å². The molecule has 1 saturated carbocycles. The van der Waals surface area contributed by atoms with E-state index < -0.39 is 0 Å². The van der Waals surface area contributed by atoms with E-state index >= 15 is 0 Å². The smallest absolute Gasteiger partial charge is 0.0201 e. The molecule has 1 fully saturated rings. The van der Waals surface area contributed by atoms with Gasteiger partial charge in [-0.3, -0.25) is 0 Å². The van der Waals surface area contributed by atoms with Crippen molar-refractivity contribution in [3.05, 3.63) is 0 Å². The lowest BCUT2D eigenvalue weighted by Crippen LogP contribution is -2.36. The van der Waals surface area contributed by atoms with Crippen molar-refractivity contribution < 1.29 is 0 Å². The minimum atomic E-state index is 0.759. The Labute approximate surface area is 106 Å². The molecule has 0 bridgehead atoms. The van der Waals surface area contributed by atoms with Crippen molar-refractivity contribution in [2.75, 3.05) is 12.8 Å². The average molecular weight is 243 g/mol. The third kappa shape index (κ3) is 5.09. The van der Waals surface area contributed by atoms with Crippen LogP contribution in [0.5, 0.6) is 0 Å². The van der Waals surface area contributed by atoms with Crippen LogP contribution in [0.2, 0.25) is 0 Å². The Hall–Kier alpha value is 0.310. The zero-order chi connectivity index (χ0) is 11.8. The summed E-state index contributed by atoms with van der Waals surface area (Å²) in [5.74, 6) is 2.23. The molecule has 0 aromatic heterocycles. The highest BCUT2D eigenvalue weighted by Crippen LogP contribution is 2.28. The fourth-order valence-electron chi connectivity index (χ4n) is 2.39. The highest BCUT2D eigenvalue weighted by Gasteiger charge is 2.21. The van der Waals surface area contributed by atoms with Gasteiger partial charge in [-0.1, -0.05) is 46.0 Å². The van der Waals surface area contributed by atoms with Gasteiger partial charge in [0.15, 0.2) is 0 Å². The molecule has 3 unspecified atom stereocenters. The lowest BCUT2D eigenvalue weighted by molar-refractivity contribution is 0.419. The van der Waals surface area contributed by atoms with E-state index in [1.54, 1.807) is 0 Å². The zero-order valence-corrected chi connectivity index (χ0v) is 12.1. The van der Waals surface area contributed by atoms with Crippen LogP contribution in [0.3, 0.4) is 0 Å². The standard InChI is InChI=1S/C14H29NS/c1-4-12(2)11-16-14-10-8-6-5-7-9-13(14)15-3/h12-15H,4-11H2,1-3H3. The number of nitrogens with one attached hydrogen (secondary N) is 1. The molecule has 0 aliphatic heterocycles. The molecular formula is C14H29NS. The van der Waals surface area contributed by atoms with Gasteiger partial charge in [-0.05, 0) is 31.6 Å². The fourth-order valence-corrected chi connectivity index (χ4v) is 4.04. The topological polar surface area (TPSA) is 12.0 Å². The summed E-state index contributed by atoms with van der Waals surface area (Å²) in [6.45, 7) is 4.68. The summed E-state index contributed by atoms with van der Waals surface area (Å²) >= 11 is 2.22. The highest BCUT2D eigenvalue weighted by atomic mass is 32.2. The molecule has 1 aliphatic rings. The lowest BCUT2D eigenvalue weighted by atomic mass is 9.96. The Morgan fingerprint density at radius 3 is 2.50 bits per heavy atom. The summed E-state index contributed by atoms with van der Waals surface area (Å²) in [7, 11) is 2.14. The van der Waals surface area contributed by atoms with Gasteiger partial charge in [0.1, 0.15) is 0 Å². The van der Waals surface area contributed by atoms with Crippen molar-refractivity contribution in [3.63, 3.8) is 0 Å². The summed E-state index contributed by atoms with van der Waals surface area (Å²) in [4.78, 5) is 0. The van der Waals surface area contributed by atoms with E-state index in [4.69, 9.17) is 0 Å². The first-order valence-corrected chi connectivity index (χ1v) is 8.11. The van der Waals surface area contributed by atoms with Crippen LogP contribution in [0.1, 0.15) is 58.8 Å². The molecule has 3 atom stereocenters. The molecule has 1 N–H and O–H groups in total. The van der Waals surface area contributed by atoms with E-state index in [1.807, 2.05) is 0 Å². The molecule has 0 amide bonds. The van der Waals surface area contributed by atoms with E-state index in [0.29, 0.717) is 0 Å². The van der Waals surface area contributed by atoms with Crippen LogP contribution in [-0.4, -0.2) is 24.1 Å². The Morgan fingerprint density at radius 1 is 1.19 bits per heavy atom. The Balaban J connectivity index is 2.37. The van der Waals surface area contributed by atoms with Gasteiger partial charge >= 0.3 is 0 Å². The molecule has 0 spiro atoms. The summed E-state index contributed by atoms with van der Waals surface area (Å²) < 4.78 is 0. The number of hydrogen-bond acceptors (Lipinski definition) is 2. The first kappa shape index (κ1) is 14.4. The third-order valence-electron chi connectivity index (χ3n) is 3.87. The predicted molar refractivity (Wildman–Crippen MR) is 76.3 cm³/mol. The average Bonchev–Trinajstić information content (AvgIpc) is 2.27. The molecule has 0 aromatic carbocycles. The Kier molecular flexibility index (Phi) is 7.55. The lowest BCUT2D eigenvalue weighted by Gasteiger charge is -2.29. The van der Waals surface area contributed by atoms with E-state index in [1.165, 1.54) is 50.7 Å². The van der Waals surface area contributed by atoms with E-state index in [-0.39, 0.29) is 0 Å². The monoisotopic (exact) mass is 243 g/mol. The van der Waals surface area contributed by atoms with Crippen molar-refractivity contribution in [2.45, 2.75) is 70.1 Å².